The number of halogens is 3. The van der Waals surface area contributed by atoms with Crippen molar-refractivity contribution in [3.8, 4) is 11.5 Å². The first-order chi connectivity index (χ1) is 16.6. The van der Waals surface area contributed by atoms with Gasteiger partial charge in [-0.15, -0.1) is 0 Å². The minimum Gasteiger partial charge on any atom is -0.435 e. The normalized spacial score (nSPS) is 12.3. The number of hydrogen-bond donors (Lipinski definition) is 1. The van der Waals surface area contributed by atoms with E-state index in [1.807, 2.05) is 24.3 Å². The number of nitrogens with zero attached hydrogens (tertiary/aromatic N) is 2. The number of oxazole rings is 1. The molecule has 178 valence electrons. The number of para-hydroxylation sites is 1. The Bertz CT molecular complexity index is 1640. The smallest absolute Gasteiger partial charge is 0.416 e. The third-order valence-electron chi connectivity index (χ3n) is 5.50. The molecule has 0 aliphatic heterocycles. The van der Waals surface area contributed by atoms with Crippen LogP contribution in [0.2, 0.25) is 0 Å². The van der Waals surface area contributed by atoms with Crippen molar-refractivity contribution in [1.82, 2.24) is 9.97 Å². The van der Waals surface area contributed by atoms with Crippen molar-refractivity contribution in [2.45, 2.75) is 17.6 Å². The lowest BCUT2D eigenvalue weighted by molar-refractivity contribution is -0.137. The highest BCUT2D eigenvalue weighted by molar-refractivity contribution is 7.90. The third kappa shape index (κ3) is 4.57. The topological polar surface area (TPSA) is 85.1 Å². The van der Waals surface area contributed by atoms with Crippen molar-refractivity contribution in [3.05, 3.63) is 83.9 Å². The van der Waals surface area contributed by atoms with Crippen LogP contribution in [-0.4, -0.2) is 24.6 Å². The number of hydrogen-bond acceptors (Lipinski definition) is 6. The molecule has 0 radical (unpaired) electrons. The summed E-state index contributed by atoms with van der Waals surface area (Å²) in [6.45, 7) is 0.340. The van der Waals surface area contributed by atoms with E-state index < -0.39 is 21.6 Å². The molecule has 0 atom stereocenters. The van der Waals surface area contributed by atoms with Crippen molar-refractivity contribution in [2.75, 3.05) is 11.6 Å². The van der Waals surface area contributed by atoms with Crippen molar-refractivity contribution in [1.29, 1.82) is 0 Å². The predicted molar refractivity (Wildman–Crippen MR) is 127 cm³/mol. The fourth-order valence-electron chi connectivity index (χ4n) is 3.69. The van der Waals surface area contributed by atoms with E-state index in [-0.39, 0.29) is 10.8 Å². The molecule has 0 bridgehead atoms. The highest BCUT2D eigenvalue weighted by atomic mass is 32.2. The second-order valence-corrected chi connectivity index (χ2v) is 10.0. The van der Waals surface area contributed by atoms with Gasteiger partial charge in [0.15, 0.2) is 26.8 Å². The average Bonchev–Trinajstić information content (AvgIpc) is 3.28. The molecule has 1 N–H and O–H groups in total. The Hall–Kier alpha value is -3.92. The Morgan fingerprint density at radius 2 is 1.60 bits per heavy atom. The first kappa shape index (κ1) is 22.9. The van der Waals surface area contributed by atoms with E-state index in [1.54, 1.807) is 12.1 Å². The van der Waals surface area contributed by atoms with E-state index in [0.717, 1.165) is 29.3 Å². The monoisotopic (exact) mass is 497 g/mol. The number of fused-ring (bicyclic) bond motifs is 3. The van der Waals surface area contributed by atoms with E-state index in [1.165, 1.54) is 24.3 Å². The van der Waals surface area contributed by atoms with E-state index in [0.29, 0.717) is 34.5 Å². The molecule has 35 heavy (non-hydrogen) atoms. The number of alkyl halides is 3. The van der Waals surface area contributed by atoms with Crippen LogP contribution in [0.25, 0.3) is 33.5 Å². The van der Waals surface area contributed by atoms with Crippen LogP contribution in [0.5, 0.6) is 0 Å². The molecule has 0 aliphatic carbocycles. The summed E-state index contributed by atoms with van der Waals surface area (Å²) in [6.07, 6.45) is -3.29. The van der Waals surface area contributed by atoms with Gasteiger partial charge in [0.05, 0.1) is 16.0 Å². The molecule has 5 aromatic rings. The molecule has 5 rings (SSSR count). The summed E-state index contributed by atoms with van der Waals surface area (Å²) < 4.78 is 68.2. The van der Waals surface area contributed by atoms with E-state index in [2.05, 4.69) is 15.3 Å². The first-order valence-corrected chi connectivity index (χ1v) is 12.4. The van der Waals surface area contributed by atoms with Gasteiger partial charge in [-0.3, -0.25) is 0 Å². The fourth-order valence-corrected chi connectivity index (χ4v) is 4.32. The van der Waals surface area contributed by atoms with E-state index >= 15 is 0 Å². The van der Waals surface area contributed by atoms with Gasteiger partial charge < -0.3 is 9.73 Å². The molecule has 0 spiro atoms. The lowest BCUT2D eigenvalue weighted by Gasteiger charge is -2.08. The number of nitrogens with one attached hydrogen (secondary N) is 1. The summed E-state index contributed by atoms with van der Waals surface area (Å²) >= 11 is 0. The number of benzene rings is 3. The summed E-state index contributed by atoms with van der Waals surface area (Å²) in [4.78, 5) is 9.41. The zero-order chi connectivity index (χ0) is 24.8. The lowest BCUT2D eigenvalue weighted by atomic mass is 10.1. The molecule has 0 amide bonds. The molecular formula is C25H18F3N3O3S. The zero-order valence-corrected chi connectivity index (χ0v) is 19.1. The van der Waals surface area contributed by atoms with Crippen LogP contribution in [0.15, 0.2) is 82.1 Å². The standard InChI is InChI=1S/C25H18F3N3O3S/c1-35(32,33)18-12-6-15(7-13-18)14-29-23-21-22(19-4-2-3-5-20(19)30-23)34-24(31-21)16-8-10-17(11-9-16)25(26,27)28/h2-13H,14H2,1H3,(H,29,30). The van der Waals surface area contributed by atoms with E-state index in [4.69, 9.17) is 4.42 Å². The summed E-state index contributed by atoms with van der Waals surface area (Å²) in [7, 11) is -3.29. The van der Waals surface area contributed by atoms with Crippen LogP contribution < -0.4 is 5.32 Å². The predicted octanol–water partition coefficient (Wildman–Crippen LogP) is 6.08. The van der Waals surface area contributed by atoms with Crippen molar-refractivity contribution in [3.63, 3.8) is 0 Å². The molecule has 10 heteroatoms. The van der Waals surface area contributed by atoms with Crippen LogP contribution in [0.4, 0.5) is 19.0 Å². The average molecular weight is 497 g/mol. The van der Waals surface area contributed by atoms with Crippen molar-refractivity contribution >= 4 is 37.7 Å². The summed E-state index contributed by atoms with van der Waals surface area (Å²) in [5, 5.41) is 3.94. The zero-order valence-electron chi connectivity index (χ0n) is 18.3. The second-order valence-electron chi connectivity index (χ2n) is 8.02. The molecule has 0 saturated carbocycles. The number of sulfone groups is 1. The summed E-state index contributed by atoms with van der Waals surface area (Å²) in [5.41, 5.74) is 2.03. The van der Waals surface area contributed by atoms with Gasteiger partial charge in [0.1, 0.15) is 0 Å². The van der Waals surface area contributed by atoms with Crippen LogP contribution >= 0.6 is 0 Å². The van der Waals surface area contributed by atoms with Gasteiger partial charge in [0.25, 0.3) is 0 Å². The van der Waals surface area contributed by atoms with Gasteiger partial charge in [0, 0.05) is 23.8 Å². The molecule has 0 unspecified atom stereocenters. The third-order valence-corrected chi connectivity index (χ3v) is 6.63. The van der Waals surface area contributed by atoms with Crippen LogP contribution in [0, 0.1) is 0 Å². The maximum atomic E-state index is 12.9. The number of pyridine rings is 1. The van der Waals surface area contributed by atoms with Gasteiger partial charge in [-0.25, -0.2) is 18.4 Å². The van der Waals surface area contributed by atoms with Gasteiger partial charge in [-0.2, -0.15) is 13.2 Å². The van der Waals surface area contributed by atoms with Gasteiger partial charge in [0.2, 0.25) is 5.89 Å². The molecule has 6 nitrogen and oxygen atoms in total. The fraction of sp³-hybridized carbons (Fsp3) is 0.120. The minimum absolute atomic E-state index is 0.174. The largest absolute Gasteiger partial charge is 0.435 e. The number of rotatable bonds is 5. The highest BCUT2D eigenvalue weighted by Crippen LogP contribution is 2.35. The van der Waals surface area contributed by atoms with Crippen LogP contribution in [0.3, 0.4) is 0 Å². The molecule has 0 fully saturated rings. The Kier molecular flexibility index (Phi) is 5.47. The van der Waals surface area contributed by atoms with Gasteiger partial charge in [-0.1, -0.05) is 24.3 Å². The van der Waals surface area contributed by atoms with E-state index in [9.17, 15) is 21.6 Å². The lowest BCUT2D eigenvalue weighted by Crippen LogP contribution is -2.04. The quantitative estimate of drug-likeness (QED) is 0.317. The number of aromatic nitrogens is 2. The molecule has 2 aromatic heterocycles. The van der Waals surface area contributed by atoms with Crippen molar-refractivity contribution in [2.24, 2.45) is 0 Å². The molecular weight excluding hydrogens is 479 g/mol. The maximum absolute atomic E-state index is 12.9. The Morgan fingerprint density at radius 3 is 2.26 bits per heavy atom. The first-order valence-electron chi connectivity index (χ1n) is 10.5. The number of anilines is 1. The summed E-state index contributed by atoms with van der Waals surface area (Å²) in [6, 6.07) is 18.4. The minimum atomic E-state index is -4.43. The SMILES string of the molecule is CS(=O)(=O)c1ccc(CNc2nc3ccccc3c3oc(-c4ccc(C(F)(F)F)cc4)nc23)cc1. The van der Waals surface area contributed by atoms with Crippen molar-refractivity contribution < 1.29 is 26.0 Å². The molecule has 3 aromatic carbocycles. The Labute approximate surface area is 198 Å². The summed E-state index contributed by atoms with van der Waals surface area (Å²) in [5.74, 6) is 0.611. The van der Waals surface area contributed by atoms with Gasteiger partial charge >= 0.3 is 6.18 Å². The second kappa shape index (κ2) is 8.38. The Morgan fingerprint density at radius 1 is 0.914 bits per heavy atom. The van der Waals surface area contributed by atoms with Crippen LogP contribution in [-0.2, 0) is 22.6 Å². The molecule has 2 heterocycles. The molecule has 0 saturated heterocycles. The van der Waals surface area contributed by atoms with Gasteiger partial charge in [-0.05, 0) is 54.1 Å². The Balaban J connectivity index is 1.53. The van der Waals surface area contributed by atoms with Crippen LogP contribution in [0.1, 0.15) is 11.1 Å². The highest BCUT2D eigenvalue weighted by Gasteiger charge is 2.30. The maximum Gasteiger partial charge on any atom is 0.416 e. The molecule has 0 aliphatic rings.